The summed E-state index contributed by atoms with van der Waals surface area (Å²) in [5.41, 5.74) is 0.308. The third-order valence-corrected chi connectivity index (χ3v) is 2.05. The zero-order valence-electron chi connectivity index (χ0n) is 10.9. The van der Waals surface area contributed by atoms with E-state index in [9.17, 15) is 9.59 Å². The van der Waals surface area contributed by atoms with Crippen molar-refractivity contribution in [2.75, 3.05) is 6.61 Å². The Labute approximate surface area is 115 Å². The highest BCUT2D eigenvalue weighted by Gasteiger charge is 2.11. The summed E-state index contributed by atoms with van der Waals surface area (Å²) in [5, 5.41) is 15.2. The standard InChI is InChI=1S/C13H14N2O5/c1-2-19-12(17)11(8-16)14-15-13(18)20-9-10-6-4-3-5-7-10/h3-8,16H,2,9H2,1H3. The number of amides is 1. The maximum Gasteiger partial charge on any atom is 0.452 e. The van der Waals surface area contributed by atoms with E-state index in [0.717, 1.165) is 5.56 Å². The first kappa shape index (κ1) is 15.4. The molecular formula is C13H14N2O5. The molecule has 1 aromatic carbocycles. The zero-order chi connectivity index (χ0) is 14.8. The van der Waals surface area contributed by atoms with E-state index in [1.807, 2.05) is 6.07 Å². The molecule has 0 bridgehead atoms. The average molecular weight is 278 g/mol. The first-order valence-corrected chi connectivity index (χ1v) is 5.81. The number of esters is 1. The minimum absolute atomic E-state index is 0.0380. The number of rotatable bonds is 5. The van der Waals surface area contributed by atoms with Gasteiger partial charge in [-0.3, -0.25) is 0 Å². The Balaban J connectivity index is 2.48. The molecule has 0 aliphatic carbocycles. The molecule has 106 valence electrons. The molecule has 0 atom stereocenters. The molecule has 0 aliphatic rings. The molecule has 0 heterocycles. The molecule has 20 heavy (non-hydrogen) atoms. The maximum atomic E-state index is 11.3. The fraction of sp³-hybridized carbons (Fsp3) is 0.231. The van der Waals surface area contributed by atoms with Gasteiger partial charge < -0.3 is 14.6 Å². The van der Waals surface area contributed by atoms with Gasteiger partial charge in [-0.25, -0.2) is 9.59 Å². The van der Waals surface area contributed by atoms with Crippen molar-refractivity contribution in [3.05, 3.63) is 47.9 Å². The minimum atomic E-state index is -0.975. The second-order valence-electron chi connectivity index (χ2n) is 3.47. The van der Waals surface area contributed by atoms with Crippen LogP contribution in [0.5, 0.6) is 0 Å². The summed E-state index contributed by atoms with van der Waals surface area (Å²) < 4.78 is 9.39. The summed E-state index contributed by atoms with van der Waals surface area (Å²) in [5.74, 6) is -0.880. The molecule has 7 heteroatoms. The molecule has 1 rings (SSSR count). The predicted octanol–water partition coefficient (Wildman–Crippen LogP) is 2.74. The number of carbonyl (C=O) groups is 2. The number of hydrogen-bond acceptors (Lipinski definition) is 6. The summed E-state index contributed by atoms with van der Waals surface area (Å²) in [6.07, 6.45) is -0.566. The molecule has 0 radical (unpaired) electrons. The van der Waals surface area contributed by atoms with E-state index in [1.54, 1.807) is 31.2 Å². The van der Waals surface area contributed by atoms with Gasteiger partial charge in [0.05, 0.1) is 6.61 Å². The highest BCUT2D eigenvalue weighted by molar-refractivity contribution is 5.87. The normalized spacial score (nSPS) is 11.3. The van der Waals surface area contributed by atoms with E-state index in [-0.39, 0.29) is 13.2 Å². The van der Waals surface area contributed by atoms with Crippen LogP contribution >= 0.6 is 0 Å². The third kappa shape index (κ3) is 5.30. The van der Waals surface area contributed by atoms with Crippen molar-refractivity contribution in [3.63, 3.8) is 0 Å². The van der Waals surface area contributed by atoms with Crippen molar-refractivity contribution >= 4 is 12.1 Å². The number of ether oxygens (including phenoxy) is 2. The molecule has 0 saturated heterocycles. The second-order valence-corrected chi connectivity index (χ2v) is 3.47. The third-order valence-electron chi connectivity index (χ3n) is 2.05. The Morgan fingerprint density at radius 1 is 1.20 bits per heavy atom. The van der Waals surface area contributed by atoms with Gasteiger partial charge in [0.25, 0.3) is 0 Å². The summed E-state index contributed by atoms with van der Waals surface area (Å²) in [6.45, 7) is 1.75. The lowest BCUT2D eigenvalue weighted by Gasteiger charge is -2.01. The molecule has 1 amide bonds. The Morgan fingerprint density at radius 2 is 1.90 bits per heavy atom. The lowest BCUT2D eigenvalue weighted by atomic mass is 10.2. The van der Waals surface area contributed by atoms with E-state index in [1.165, 1.54) is 0 Å². The van der Waals surface area contributed by atoms with Crippen LogP contribution in [0.2, 0.25) is 0 Å². The Bertz CT molecular complexity index is 511. The molecule has 0 unspecified atom stereocenters. The number of carbonyl (C=O) groups excluding carboxylic acids is 2. The Kier molecular flexibility index (Phi) is 6.46. The number of azo groups is 1. The van der Waals surface area contributed by atoms with Crippen molar-refractivity contribution in [3.8, 4) is 0 Å². The van der Waals surface area contributed by atoms with Crippen LogP contribution in [0.25, 0.3) is 0 Å². The quantitative estimate of drug-likeness (QED) is 0.386. The number of nitrogens with zero attached hydrogens (tertiary/aromatic N) is 2. The van der Waals surface area contributed by atoms with E-state index < -0.39 is 17.8 Å². The van der Waals surface area contributed by atoms with Crippen LogP contribution in [0, 0.1) is 0 Å². The first-order chi connectivity index (χ1) is 9.67. The van der Waals surface area contributed by atoms with Crippen LogP contribution in [0.3, 0.4) is 0 Å². The van der Waals surface area contributed by atoms with Crippen molar-refractivity contribution in [2.24, 2.45) is 10.2 Å². The van der Waals surface area contributed by atoms with Gasteiger partial charge >= 0.3 is 12.1 Å². The van der Waals surface area contributed by atoms with Crippen LogP contribution in [-0.4, -0.2) is 23.8 Å². The lowest BCUT2D eigenvalue weighted by Crippen LogP contribution is -2.06. The Morgan fingerprint density at radius 3 is 2.50 bits per heavy atom. The fourth-order valence-corrected chi connectivity index (χ4v) is 1.17. The molecule has 0 spiro atoms. The molecule has 1 N–H and O–H groups in total. The van der Waals surface area contributed by atoms with Crippen molar-refractivity contribution in [1.82, 2.24) is 0 Å². The van der Waals surface area contributed by atoms with E-state index in [2.05, 4.69) is 15.0 Å². The highest BCUT2D eigenvalue weighted by Crippen LogP contribution is 2.04. The van der Waals surface area contributed by atoms with Gasteiger partial charge in [0.15, 0.2) is 0 Å². The van der Waals surface area contributed by atoms with Crippen LogP contribution in [0.4, 0.5) is 4.79 Å². The molecular weight excluding hydrogens is 264 g/mol. The van der Waals surface area contributed by atoms with Gasteiger partial charge in [0.2, 0.25) is 5.70 Å². The summed E-state index contributed by atoms with van der Waals surface area (Å²) in [4.78, 5) is 22.5. The predicted molar refractivity (Wildman–Crippen MR) is 68.8 cm³/mol. The van der Waals surface area contributed by atoms with Gasteiger partial charge in [-0.05, 0) is 12.5 Å². The van der Waals surface area contributed by atoms with E-state index in [0.29, 0.717) is 6.26 Å². The van der Waals surface area contributed by atoms with Gasteiger partial charge in [0.1, 0.15) is 12.9 Å². The summed E-state index contributed by atoms with van der Waals surface area (Å²) in [7, 11) is 0. The first-order valence-electron chi connectivity index (χ1n) is 5.81. The smallest absolute Gasteiger partial charge is 0.452 e. The minimum Gasteiger partial charge on any atom is -0.513 e. The highest BCUT2D eigenvalue weighted by atomic mass is 16.5. The lowest BCUT2D eigenvalue weighted by molar-refractivity contribution is -0.138. The average Bonchev–Trinajstić information content (AvgIpc) is 2.47. The maximum absolute atomic E-state index is 11.3. The molecule has 0 fully saturated rings. The van der Waals surface area contributed by atoms with Crippen molar-refractivity contribution in [2.45, 2.75) is 13.5 Å². The largest absolute Gasteiger partial charge is 0.513 e. The van der Waals surface area contributed by atoms with Crippen LogP contribution in [0.15, 0.2) is 52.5 Å². The van der Waals surface area contributed by atoms with Crippen molar-refractivity contribution in [1.29, 1.82) is 0 Å². The number of aliphatic hydroxyl groups is 1. The molecule has 0 saturated carbocycles. The number of benzene rings is 1. The zero-order valence-corrected chi connectivity index (χ0v) is 10.9. The number of hydrogen-bond donors (Lipinski definition) is 1. The van der Waals surface area contributed by atoms with E-state index in [4.69, 9.17) is 9.84 Å². The van der Waals surface area contributed by atoms with Crippen LogP contribution in [0.1, 0.15) is 12.5 Å². The number of aliphatic hydroxyl groups excluding tert-OH is 1. The summed E-state index contributed by atoms with van der Waals surface area (Å²) in [6, 6.07) is 9.00. The Hall–Kier alpha value is -2.70. The molecule has 0 aromatic heterocycles. The topological polar surface area (TPSA) is 97.5 Å². The molecule has 0 aliphatic heterocycles. The van der Waals surface area contributed by atoms with Gasteiger partial charge in [0, 0.05) is 0 Å². The van der Waals surface area contributed by atoms with Gasteiger partial charge in [-0.1, -0.05) is 35.4 Å². The van der Waals surface area contributed by atoms with Gasteiger partial charge in [-0.2, -0.15) is 0 Å². The van der Waals surface area contributed by atoms with Crippen molar-refractivity contribution < 1.29 is 24.2 Å². The molecule has 7 nitrogen and oxygen atoms in total. The van der Waals surface area contributed by atoms with Crippen LogP contribution in [-0.2, 0) is 20.9 Å². The van der Waals surface area contributed by atoms with Gasteiger partial charge in [-0.15, -0.1) is 5.11 Å². The van der Waals surface area contributed by atoms with E-state index >= 15 is 0 Å². The van der Waals surface area contributed by atoms with Crippen LogP contribution < -0.4 is 0 Å². The monoisotopic (exact) mass is 278 g/mol. The summed E-state index contributed by atoms with van der Waals surface area (Å²) >= 11 is 0. The fourth-order valence-electron chi connectivity index (χ4n) is 1.17. The molecule has 1 aromatic rings. The SMILES string of the molecule is CCOC(=O)C(=CO)N=NC(=O)OCc1ccccc1. The second kappa shape index (κ2) is 8.41.